The molecule has 1 atom stereocenters. The molecule has 0 bridgehead atoms. The predicted molar refractivity (Wildman–Crippen MR) is 102 cm³/mol. The van der Waals surface area contributed by atoms with Crippen LogP contribution in [0.3, 0.4) is 0 Å². The quantitative estimate of drug-likeness (QED) is 0.820. The van der Waals surface area contributed by atoms with E-state index in [-0.39, 0.29) is 18.3 Å². The number of hydrogen-bond acceptors (Lipinski definition) is 5. The van der Waals surface area contributed by atoms with Crippen molar-refractivity contribution in [3.05, 3.63) is 34.5 Å². The molecule has 3 heterocycles. The minimum absolute atomic E-state index is 0.0998. The Morgan fingerprint density at radius 2 is 2.07 bits per heavy atom. The summed E-state index contributed by atoms with van der Waals surface area (Å²) in [6, 6.07) is 2.32. The Morgan fingerprint density at radius 3 is 2.86 bits per heavy atom. The molecule has 0 saturated carbocycles. The number of fused-ring (bicyclic) bond motifs is 1. The van der Waals surface area contributed by atoms with Crippen molar-refractivity contribution in [2.75, 3.05) is 23.3 Å². The maximum absolute atomic E-state index is 13.3. The zero-order chi connectivity index (χ0) is 19.7. The average Bonchev–Trinajstić information content (AvgIpc) is 3.09. The fraction of sp³-hybridized carbons (Fsp3) is 0.526. The summed E-state index contributed by atoms with van der Waals surface area (Å²) in [4.78, 5) is 24.0. The number of carbonyl (C=O) groups is 1. The predicted octanol–water partition coefficient (Wildman–Crippen LogP) is 4.29. The SMILES string of the molecule is O=C(Nc1nc2c(s1)CCCC2)C1CCCN(c2ncccc2C(F)(F)F)C1. The molecular formula is C19H21F3N4OS. The van der Waals surface area contributed by atoms with E-state index in [0.29, 0.717) is 24.5 Å². The molecule has 2 aromatic rings. The molecule has 2 aliphatic rings. The first-order valence-electron chi connectivity index (χ1n) is 9.48. The van der Waals surface area contributed by atoms with E-state index in [1.807, 2.05) is 0 Å². The van der Waals surface area contributed by atoms with Gasteiger partial charge in [-0.1, -0.05) is 0 Å². The molecule has 1 saturated heterocycles. The number of alkyl halides is 3. The summed E-state index contributed by atoms with van der Waals surface area (Å²) >= 11 is 1.51. The number of hydrogen-bond donors (Lipinski definition) is 1. The van der Waals surface area contributed by atoms with E-state index in [4.69, 9.17) is 0 Å². The number of amides is 1. The highest BCUT2D eigenvalue weighted by molar-refractivity contribution is 7.15. The van der Waals surface area contributed by atoms with Crippen LogP contribution in [0.2, 0.25) is 0 Å². The number of rotatable bonds is 3. The van der Waals surface area contributed by atoms with Gasteiger partial charge >= 0.3 is 6.18 Å². The minimum Gasteiger partial charge on any atom is -0.355 e. The first-order chi connectivity index (χ1) is 13.4. The van der Waals surface area contributed by atoms with Gasteiger partial charge in [0, 0.05) is 24.2 Å². The van der Waals surface area contributed by atoms with Crippen LogP contribution in [0.25, 0.3) is 0 Å². The number of aromatic nitrogens is 2. The highest BCUT2D eigenvalue weighted by atomic mass is 32.1. The summed E-state index contributed by atoms with van der Waals surface area (Å²) in [5, 5.41) is 3.48. The van der Waals surface area contributed by atoms with E-state index in [9.17, 15) is 18.0 Å². The van der Waals surface area contributed by atoms with E-state index < -0.39 is 17.7 Å². The fourth-order valence-corrected chi connectivity index (χ4v) is 4.92. The molecule has 4 rings (SSSR count). The monoisotopic (exact) mass is 410 g/mol. The van der Waals surface area contributed by atoms with Gasteiger partial charge in [0.15, 0.2) is 5.13 Å². The van der Waals surface area contributed by atoms with Crippen LogP contribution in [0.5, 0.6) is 0 Å². The zero-order valence-electron chi connectivity index (χ0n) is 15.3. The zero-order valence-corrected chi connectivity index (χ0v) is 16.1. The Labute approximate surface area is 165 Å². The van der Waals surface area contributed by atoms with Gasteiger partial charge in [-0.15, -0.1) is 11.3 Å². The molecule has 9 heteroatoms. The Hall–Kier alpha value is -2.16. The van der Waals surface area contributed by atoms with Gasteiger partial charge in [0.2, 0.25) is 5.91 Å². The highest BCUT2D eigenvalue weighted by Crippen LogP contribution is 2.37. The van der Waals surface area contributed by atoms with Crippen LogP contribution in [0.15, 0.2) is 18.3 Å². The third-order valence-corrected chi connectivity index (χ3v) is 6.33. The molecule has 5 nitrogen and oxygen atoms in total. The van der Waals surface area contributed by atoms with E-state index >= 15 is 0 Å². The molecule has 1 unspecified atom stereocenters. The van der Waals surface area contributed by atoms with Crippen molar-refractivity contribution < 1.29 is 18.0 Å². The van der Waals surface area contributed by atoms with Gasteiger partial charge in [-0.3, -0.25) is 4.79 Å². The number of nitrogens with zero attached hydrogens (tertiary/aromatic N) is 3. The largest absolute Gasteiger partial charge is 0.419 e. The smallest absolute Gasteiger partial charge is 0.355 e. The number of thiazole rings is 1. The van der Waals surface area contributed by atoms with Crippen molar-refractivity contribution in [1.82, 2.24) is 9.97 Å². The number of halogens is 3. The van der Waals surface area contributed by atoms with Gasteiger partial charge in [0.25, 0.3) is 0 Å². The summed E-state index contributed by atoms with van der Waals surface area (Å²) in [6.45, 7) is 0.673. The molecule has 1 fully saturated rings. The lowest BCUT2D eigenvalue weighted by Crippen LogP contribution is -2.42. The van der Waals surface area contributed by atoms with E-state index in [1.165, 1.54) is 28.5 Å². The van der Waals surface area contributed by atoms with Crippen LogP contribution in [-0.4, -0.2) is 29.0 Å². The Bertz CT molecular complexity index is 844. The number of anilines is 2. The average molecular weight is 410 g/mol. The minimum atomic E-state index is -4.47. The molecule has 0 spiro atoms. The van der Waals surface area contributed by atoms with Gasteiger partial charge in [-0.25, -0.2) is 9.97 Å². The standard InChI is InChI=1S/C19H21F3N4OS/c20-19(21,22)13-6-3-9-23-16(13)26-10-4-5-12(11-26)17(27)25-18-24-14-7-1-2-8-15(14)28-18/h3,6,9,12H,1-2,4-5,7-8,10-11H2,(H,24,25,27). The molecule has 1 aliphatic carbocycles. The van der Waals surface area contributed by atoms with Crippen LogP contribution in [0.4, 0.5) is 24.1 Å². The molecule has 28 heavy (non-hydrogen) atoms. The number of aryl methyl sites for hydroxylation is 2. The first-order valence-corrected chi connectivity index (χ1v) is 10.3. The normalized spacial score (nSPS) is 20.0. The van der Waals surface area contributed by atoms with Crippen LogP contribution in [0, 0.1) is 5.92 Å². The number of piperidine rings is 1. The van der Waals surface area contributed by atoms with Crippen molar-refractivity contribution >= 4 is 28.2 Å². The Balaban J connectivity index is 1.47. The van der Waals surface area contributed by atoms with E-state index in [2.05, 4.69) is 15.3 Å². The van der Waals surface area contributed by atoms with Gasteiger partial charge in [0.1, 0.15) is 5.82 Å². The second kappa shape index (κ2) is 7.69. The molecule has 1 amide bonds. The molecule has 150 valence electrons. The Morgan fingerprint density at radius 1 is 1.25 bits per heavy atom. The third-order valence-electron chi connectivity index (χ3n) is 5.26. The third kappa shape index (κ3) is 3.99. The second-order valence-corrected chi connectivity index (χ2v) is 8.33. The van der Waals surface area contributed by atoms with Gasteiger partial charge < -0.3 is 10.2 Å². The van der Waals surface area contributed by atoms with Crippen molar-refractivity contribution in [1.29, 1.82) is 0 Å². The molecule has 1 aliphatic heterocycles. The molecule has 0 radical (unpaired) electrons. The van der Waals surface area contributed by atoms with Crippen LogP contribution in [-0.2, 0) is 23.8 Å². The maximum atomic E-state index is 13.3. The van der Waals surface area contributed by atoms with Crippen molar-refractivity contribution in [2.24, 2.45) is 5.92 Å². The van der Waals surface area contributed by atoms with Crippen LogP contribution in [0.1, 0.15) is 41.8 Å². The fourth-order valence-electron chi connectivity index (χ4n) is 3.87. The molecule has 1 N–H and O–H groups in total. The van der Waals surface area contributed by atoms with Crippen molar-refractivity contribution in [2.45, 2.75) is 44.7 Å². The second-order valence-electron chi connectivity index (χ2n) is 7.24. The summed E-state index contributed by atoms with van der Waals surface area (Å²) in [7, 11) is 0. The molecular weight excluding hydrogens is 389 g/mol. The molecule has 2 aromatic heterocycles. The number of pyridine rings is 1. The van der Waals surface area contributed by atoms with Crippen LogP contribution < -0.4 is 10.2 Å². The summed E-state index contributed by atoms with van der Waals surface area (Å²) in [5.41, 5.74) is 0.309. The topological polar surface area (TPSA) is 58.1 Å². The summed E-state index contributed by atoms with van der Waals surface area (Å²) in [5.74, 6) is -0.671. The lowest BCUT2D eigenvalue weighted by Gasteiger charge is -2.34. The number of nitrogens with one attached hydrogen (secondary N) is 1. The lowest BCUT2D eigenvalue weighted by atomic mass is 9.97. The number of carbonyl (C=O) groups excluding carboxylic acids is 1. The maximum Gasteiger partial charge on any atom is 0.419 e. The van der Waals surface area contributed by atoms with Crippen LogP contribution >= 0.6 is 11.3 Å². The van der Waals surface area contributed by atoms with Gasteiger partial charge in [0.05, 0.1) is 17.2 Å². The lowest BCUT2D eigenvalue weighted by molar-refractivity contribution is -0.137. The highest BCUT2D eigenvalue weighted by Gasteiger charge is 2.37. The summed E-state index contributed by atoms with van der Waals surface area (Å²) < 4.78 is 39.9. The van der Waals surface area contributed by atoms with Crippen molar-refractivity contribution in [3.63, 3.8) is 0 Å². The van der Waals surface area contributed by atoms with Gasteiger partial charge in [-0.2, -0.15) is 13.2 Å². The van der Waals surface area contributed by atoms with E-state index in [1.54, 1.807) is 4.90 Å². The van der Waals surface area contributed by atoms with Crippen molar-refractivity contribution in [3.8, 4) is 0 Å². The van der Waals surface area contributed by atoms with E-state index in [0.717, 1.165) is 37.4 Å². The summed E-state index contributed by atoms with van der Waals surface area (Å²) in [6.07, 6.45) is 2.37. The Kier molecular flexibility index (Phi) is 5.27. The molecule has 0 aromatic carbocycles. The first kappa shape index (κ1) is 19.2. The van der Waals surface area contributed by atoms with Gasteiger partial charge in [-0.05, 0) is 50.7 Å².